The topological polar surface area (TPSA) is 12.0 Å². The summed E-state index contributed by atoms with van der Waals surface area (Å²) in [6.07, 6.45) is 2.41. The summed E-state index contributed by atoms with van der Waals surface area (Å²) in [5.74, 6) is -1.10. The van der Waals surface area contributed by atoms with Crippen LogP contribution in [0.5, 0.6) is 0 Å². The number of nitrogens with one attached hydrogen (secondary N) is 1. The molecule has 0 unspecified atom stereocenters. The Morgan fingerprint density at radius 2 is 1.95 bits per heavy atom. The van der Waals surface area contributed by atoms with Gasteiger partial charge in [-0.1, -0.05) is 29.8 Å². The number of hydrogen-bond acceptors (Lipinski definition) is 1. The van der Waals surface area contributed by atoms with Crippen molar-refractivity contribution in [3.8, 4) is 11.1 Å². The molecule has 1 fully saturated rings. The normalized spacial score (nSPS) is 14.5. The maximum absolute atomic E-state index is 14.1. The lowest BCUT2D eigenvalue weighted by Gasteiger charge is -2.11. The molecule has 21 heavy (non-hydrogen) atoms. The molecule has 0 heterocycles. The van der Waals surface area contributed by atoms with Gasteiger partial charge in [0.1, 0.15) is 11.6 Å². The molecule has 2 aromatic carbocycles. The lowest BCUT2D eigenvalue weighted by molar-refractivity contribution is 0.584. The van der Waals surface area contributed by atoms with Crippen molar-refractivity contribution in [3.05, 3.63) is 58.1 Å². The summed E-state index contributed by atoms with van der Waals surface area (Å²) >= 11 is 6.24. The van der Waals surface area contributed by atoms with Crippen LogP contribution in [-0.2, 0) is 6.54 Å². The zero-order valence-electron chi connectivity index (χ0n) is 11.7. The Balaban J connectivity index is 1.92. The molecule has 0 spiro atoms. The van der Waals surface area contributed by atoms with Gasteiger partial charge in [-0.05, 0) is 48.6 Å². The highest BCUT2D eigenvalue weighted by Crippen LogP contribution is 2.31. The highest BCUT2D eigenvalue weighted by atomic mass is 35.5. The van der Waals surface area contributed by atoms with Crippen molar-refractivity contribution in [1.29, 1.82) is 0 Å². The summed E-state index contributed by atoms with van der Waals surface area (Å²) in [4.78, 5) is 0. The maximum Gasteiger partial charge on any atom is 0.136 e. The SMILES string of the molecule is Cc1ccc(F)c(-c2ccc(CNC3CC3)c(Cl)c2)c1F. The largest absolute Gasteiger partial charge is 0.310 e. The van der Waals surface area contributed by atoms with Crippen LogP contribution in [0, 0.1) is 18.6 Å². The Labute approximate surface area is 127 Å². The fourth-order valence-electron chi connectivity index (χ4n) is 2.31. The van der Waals surface area contributed by atoms with Gasteiger partial charge in [0.05, 0.1) is 5.56 Å². The molecule has 0 bridgehead atoms. The number of benzene rings is 2. The second-order valence-electron chi connectivity index (χ2n) is 5.51. The second-order valence-corrected chi connectivity index (χ2v) is 5.92. The van der Waals surface area contributed by atoms with Gasteiger partial charge in [0.15, 0.2) is 0 Å². The van der Waals surface area contributed by atoms with Crippen molar-refractivity contribution in [2.75, 3.05) is 0 Å². The molecule has 0 aromatic heterocycles. The van der Waals surface area contributed by atoms with Gasteiger partial charge < -0.3 is 5.32 Å². The van der Waals surface area contributed by atoms with Crippen molar-refractivity contribution in [1.82, 2.24) is 5.32 Å². The van der Waals surface area contributed by atoms with E-state index < -0.39 is 11.6 Å². The van der Waals surface area contributed by atoms with E-state index >= 15 is 0 Å². The van der Waals surface area contributed by atoms with Gasteiger partial charge in [-0.15, -0.1) is 0 Å². The monoisotopic (exact) mass is 307 g/mol. The van der Waals surface area contributed by atoms with Crippen molar-refractivity contribution in [2.24, 2.45) is 0 Å². The van der Waals surface area contributed by atoms with E-state index in [2.05, 4.69) is 5.32 Å². The van der Waals surface area contributed by atoms with Crippen LogP contribution in [0.2, 0.25) is 5.02 Å². The predicted octanol–water partition coefficient (Wildman–Crippen LogP) is 4.85. The molecule has 1 aliphatic rings. The van der Waals surface area contributed by atoms with E-state index in [1.54, 1.807) is 19.1 Å². The van der Waals surface area contributed by atoms with Gasteiger partial charge in [-0.3, -0.25) is 0 Å². The minimum absolute atomic E-state index is 0.0152. The van der Waals surface area contributed by atoms with Gasteiger partial charge >= 0.3 is 0 Å². The maximum atomic E-state index is 14.1. The quantitative estimate of drug-likeness (QED) is 0.852. The Bertz CT molecular complexity index is 681. The predicted molar refractivity (Wildman–Crippen MR) is 81.4 cm³/mol. The third kappa shape index (κ3) is 3.09. The highest BCUT2D eigenvalue weighted by molar-refractivity contribution is 6.31. The second kappa shape index (κ2) is 5.74. The Kier molecular flexibility index (Phi) is 3.96. The zero-order valence-corrected chi connectivity index (χ0v) is 12.5. The summed E-state index contributed by atoms with van der Waals surface area (Å²) in [7, 11) is 0. The van der Waals surface area contributed by atoms with Crippen LogP contribution < -0.4 is 5.32 Å². The van der Waals surface area contributed by atoms with E-state index in [1.165, 1.54) is 25.0 Å². The van der Waals surface area contributed by atoms with E-state index in [4.69, 9.17) is 11.6 Å². The lowest BCUT2D eigenvalue weighted by atomic mass is 10.0. The first kappa shape index (κ1) is 14.5. The summed E-state index contributed by atoms with van der Waals surface area (Å²) < 4.78 is 28.1. The Morgan fingerprint density at radius 3 is 2.62 bits per heavy atom. The van der Waals surface area contributed by atoms with Gasteiger partial charge in [0, 0.05) is 17.6 Å². The first-order chi connectivity index (χ1) is 10.1. The Morgan fingerprint density at radius 1 is 1.19 bits per heavy atom. The summed E-state index contributed by atoms with van der Waals surface area (Å²) in [6.45, 7) is 2.30. The molecule has 1 saturated carbocycles. The smallest absolute Gasteiger partial charge is 0.136 e. The summed E-state index contributed by atoms with van der Waals surface area (Å²) in [5, 5.41) is 3.90. The number of aryl methyl sites for hydroxylation is 1. The summed E-state index contributed by atoms with van der Waals surface area (Å²) in [6, 6.07) is 8.48. The van der Waals surface area contributed by atoms with Crippen molar-refractivity contribution in [2.45, 2.75) is 32.4 Å². The molecule has 0 amide bonds. The van der Waals surface area contributed by atoms with Crippen molar-refractivity contribution >= 4 is 11.6 Å². The average molecular weight is 308 g/mol. The zero-order chi connectivity index (χ0) is 15.0. The highest BCUT2D eigenvalue weighted by Gasteiger charge is 2.20. The van der Waals surface area contributed by atoms with Crippen LogP contribution in [0.25, 0.3) is 11.1 Å². The van der Waals surface area contributed by atoms with E-state index in [9.17, 15) is 8.78 Å². The third-order valence-corrected chi connectivity index (χ3v) is 4.14. The van der Waals surface area contributed by atoms with Gasteiger partial charge in [-0.25, -0.2) is 8.78 Å². The molecular formula is C17H16ClF2N. The van der Waals surface area contributed by atoms with Crippen LogP contribution in [0.1, 0.15) is 24.0 Å². The fourth-order valence-corrected chi connectivity index (χ4v) is 2.56. The number of rotatable bonds is 4. The van der Waals surface area contributed by atoms with Crippen molar-refractivity contribution in [3.63, 3.8) is 0 Å². The first-order valence-corrected chi connectivity index (χ1v) is 7.41. The van der Waals surface area contributed by atoms with E-state index in [-0.39, 0.29) is 5.56 Å². The minimum Gasteiger partial charge on any atom is -0.310 e. The van der Waals surface area contributed by atoms with Crippen LogP contribution >= 0.6 is 11.6 Å². The molecule has 0 atom stereocenters. The molecule has 0 aliphatic heterocycles. The fraction of sp³-hybridized carbons (Fsp3) is 0.294. The van der Waals surface area contributed by atoms with Gasteiger partial charge in [0.25, 0.3) is 0 Å². The molecule has 1 aliphatic carbocycles. The molecule has 110 valence electrons. The molecule has 0 saturated heterocycles. The lowest BCUT2D eigenvalue weighted by Crippen LogP contribution is -2.15. The molecule has 1 nitrogen and oxygen atoms in total. The minimum atomic E-state index is -0.571. The molecule has 0 radical (unpaired) electrons. The third-order valence-electron chi connectivity index (χ3n) is 3.78. The number of halogens is 3. The molecule has 2 aromatic rings. The Hall–Kier alpha value is -1.45. The molecular weight excluding hydrogens is 292 g/mol. The van der Waals surface area contributed by atoms with Crippen LogP contribution in [0.15, 0.2) is 30.3 Å². The van der Waals surface area contributed by atoms with Crippen LogP contribution in [0.4, 0.5) is 8.78 Å². The van der Waals surface area contributed by atoms with Crippen LogP contribution in [-0.4, -0.2) is 6.04 Å². The van der Waals surface area contributed by atoms with Crippen molar-refractivity contribution < 1.29 is 8.78 Å². The van der Waals surface area contributed by atoms with Gasteiger partial charge in [0.2, 0.25) is 0 Å². The molecule has 4 heteroatoms. The molecule has 3 rings (SSSR count). The standard InChI is InChI=1S/C17H16ClF2N/c1-10-2-7-15(19)16(17(10)20)11-3-4-12(14(18)8-11)9-21-13-5-6-13/h2-4,7-8,13,21H,5-6,9H2,1H3. The van der Waals surface area contributed by atoms with E-state index in [1.807, 2.05) is 6.07 Å². The summed E-state index contributed by atoms with van der Waals surface area (Å²) in [5.41, 5.74) is 1.82. The molecule has 1 N–H and O–H groups in total. The van der Waals surface area contributed by atoms with Crippen LogP contribution in [0.3, 0.4) is 0 Å². The van der Waals surface area contributed by atoms with E-state index in [0.717, 1.165) is 5.56 Å². The van der Waals surface area contributed by atoms with Gasteiger partial charge in [-0.2, -0.15) is 0 Å². The van der Waals surface area contributed by atoms with E-state index in [0.29, 0.717) is 28.7 Å². The first-order valence-electron chi connectivity index (χ1n) is 7.03. The number of hydrogen-bond donors (Lipinski definition) is 1. The average Bonchev–Trinajstić information content (AvgIpc) is 3.27.